The number of para-hydroxylation sites is 2. The van der Waals surface area contributed by atoms with Gasteiger partial charge in [-0.1, -0.05) is 42.5 Å². The number of amides is 2. The molecule has 138 valence electrons. The molecule has 1 saturated heterocycles. The fourth-order valence-electron chi connectivity index (χ4n) is 3.30. The van der Waals surface area contributed by atoms with Gasteiger partial charge >= 0.3 is 6.03 Å². The Hall–Kier alpha value is -2.53. The maximum absolute atomic E-state index is 12.6. The normalized spacial score (nSPS) is 16.2. The minimum absolute atomic E-state index is 0.0656. The van der Waals surface area contributed by atoms with Gasteiger partial charge in [0.1, 0.15) is 5.75 Å². The predicted octanol–water partition coefficient (Wildman–Crippen LogP) is 4.00. The highest BCUT2D eigenvalue weighted by atomic mass is 16.5. The summed E-state index contributed by atoms with van der Waals surface area (Å²) in [5, 5.41) is 2.98. The molecule has 26 heavy (non-hydrogen) atoms. The van der Waals surface area contributed by atoms with Crippen LogP contribution in [0.3, 0.4) is 0 Å². The van der Waals surface area contributed by atoms with Gasteiger partial charge in [-0.25, -0.2) is 4.79 Å². The second-order valence-corrected chi connectivity index (χ2v) is 6.47. The smallest absolute Gasteiger partial charge is 0.322 e. The van der Waals surface area contributed by atoms with Gasteiger partial charge in [-0.05, 0) is 31.5 Å². The first-order valence-electron chi connectivity index (χ1n) is 9.25. The zero-order chi connectivity index (χ0) is 18.4. The van der Waals surface area contributed by atoms with E-state index < -0.39 is 0 Å². The highest BCUT2D eigenvalue weighted by Gasteiger charge is 2.25. The van der Waals surface area contributed by atoms with Gasteiger partial charge in [0.25, 0.3) is 0 Å². The van der Waals surface area contributed by atoms with E-state index in [2.05, 4.69) is 41.4 Å². The van der Waals surface area contributed by atoms with E-state index in [1.165, 1.54) is 5.56 Å². The molecule has 3 rings (SSSR count). The summed E-state index contributed by atoms with van der Waals surface area (Å²) in [5.74, 6) is 0.708. The van der Waals surface area contributed by atoms with Crippen LogP contribution in [-0.2, 0) is 0 Å². The van der Waals surface area contributed by atoms with Crippen LogP contribution in [0, 0.1) is 0 Å². The van der Waals surface area contributed by atoms with Crippen LogP contribution in [-0.4, -0.2) is 48.6 Å². The molecule has 0 aromatic heterocycles. The Morgan fingerprint density at radius 3 is 2.38 bits per heavy atom. The fraction of sp³-hybridized carbons (Fsp3) is 0.381. The average Bonchev–Trinajstić information content (AvgIpc) is 2.70. The van der Waals surface area contributed by atoms with E-state index >= 15 is 0 Å². The lowest BCUT2D eigenvalue weighted by molar-refractivity contribution is 0.119. The van der Waals surface area contributed by atoms with Gasteiger partial charge in [0.05, 0.1) is 12.3 Å². The summed E-state index contributed by atoms with van der Waals surface area (Å²) in [7, 11) is 0. The number of nitrogens with one attached hydrogen (secondary N) is 1. The molecule has 5 heteroatoms. The number of nitrogens with zero attached hydrogens (tertiary/aromatic N) is 2. The number of carbonyl (C=O) groups excluding carboxylic acids is 1. The van der Waals surface area contributed by atoms with Crippen molar-refractivity contribution < 1.29 is 9.53 Å². The third-order valence-corrected chi connectivity index (χ3v) is 4.86. The van der Waals surface area contributed by atoms with Gasteiger partial charge in [-0.3, -0.25) is 4.90 Å². The van der Waals surface area contributed by atoms with Gasteiger partial charge in [0.2, 0.25) is 0 Å². The molecular formula is C21H27N3O2. The topological polar surface area (TPSA) is 44.8 Å². The molecule has 2 amide bonds. The van der Waals surface area contributed by atoms with E-state index in [-0.39, 0.29) is 6.03 Å². The number of rotatable bonds is 5. The molecule has 1 N–H and O–H groups in total. The molecule has 0 radical (unpaired) electrons. The summed E-state index contributed by atoms with van der Waals surface area (Å²) in [5.41, 5.74) is 2.04. The number of hydrogen-bond donors (Lipinski definition) is 1. The van der Waals surface area contributed by atoms with E-state index in [1.807, 2.05) is 42.2 Å². The average molecular weight is 353 g/mol. The lowest BCUT2D eigenvalue weighted by Crippen LogP contribution is -2.50. The standard InChI is InChI=1S/C21H27N3O2/c1-3-26-20-12-8-7-11-19(20)22-21(25)24-15-13-23(14-16-24)17(2)18-9-5-4-6-10-18/h4-12,17H,3,13-16H2,1-2H3,(H,22,25). The largest absolute Gasteiger partial charge is 0.492 e. The van der Waals surface area contributed by atoms with Crippen molar-refractivity contribution in [3.05, 3.63) is 60.2 Å². The quantitative estimate of drug-likeness (QED) is 0.884. The van der Waals surface area contributed by atoms with Crippen LogP contribution in [0.1, 0.15) is 25.5 Å². The summed E-state index contributed by atoms with van der Waals surface area (Å²) in [6.45, 7) is 7.92. The van der Waals surface area contributed by atoms with Crippen LogP contribution >= 0.6 is 0 Å². The van der Waals surface area contributed by atoms with Gasteiger partial charge in [-0.2, -0.15) is 0 Å². The molecule has 1 atom stereocenters. The summed E-state index contributed by atoms with van der Waals surface area (Å²) in [4.78, 5) is 16.9. The number of urea groups is 1. The monoisotopic (exact) mass is 353 g/mol. The zero-order valence-corrected chi connectivity index (χ0v) is 15.5. The van der Waals surface area contributed by atoms with Gasteiger partial charge in [0, 0.05) is 32.2 Å². The number of anilines is 1. The minimum Gasteiger partial charge on any atom is -0.492 e. The number of carbonyl (C=O) groups is 1. The molecule has 5 nitrogen and oxygen atoms in total. The molecule has 1 heterocycles. The van der Waals surface area contributed by atoms with Crippen LogP contribution in [0.15, 0.2) is 54.6 Å². The Bertz CT molecular complexity index is 712. The van der Waals surface area contributed by atoms with Crippen molar-refractivity contribution >= 4 is 11.7 Å². The maximum atomic E-state index is 12.6. The SMILES string of the molecule is CCOc1ccccc1NC(=O)N1CCN(C(C)c2ccccc2)CC1. The number of piperazine rings is 1. The first kappa shape index (κ1) is 18.3. The van der Waals surface area contributed by atoms with Crippen molar-refractivity contribution in [1.29, 1.82) is 0 Å². The van der Waals surface area contributed by atoms with Crippen molar-refractivity contribution in [3.8, 4) is 5.75 Å². The second kappa shape index (κ2) is 8.72. The van der Waals surface area contributed by atoms with Crippen LogP contribution in [0.2, 0.25) is 0 Å². The molecule has 1 fully saturated rings. The van der Waals surface area contributed by atoms with E-state index in [0.29, 0.717) is 18.4 Å². The first-order chi connectivity index (χ1) is 12.7. The summed E-state index contributed by atoms with van der Waals surface area (Å²) in [6.07, 6.45) is 0. The predicted molar refractivity (Wildman–Crippen MR) is 105 cm³/mol. The summed E-state index contributed by atoms with van der Waals surface area (Å²) < 4.78 is 5.58. The second-order valence-electron chi connectivity index (χ2n) is 6.47. The van der Waals surface area contributed by atoms with Crippen LogP contribution < -0.4 is 10.1 Å². The number of ether oxygens (including phenoxy) is 1. The molecule has 1 unspecified atom stereocenters. The van der Waals surface area contributed by atoms with Crippen molar-refractivity contribution in [3.63, 3.8) is 0 Å². The van der Waals surface area contributed by atoms with E-state index in [4.69, 9.17) is 4.74 Å². The highest BCUT2D eigenvalue weighted by molar-refractivity contribution is 5.91. The molecule has 0 spiro atoms. The van der Waals surface area contributed by atoms with E-state index in [9.17, 15) is 4.79 Å². The van der Waals surface area contributed by atoms with E-state index in [0.717, 1.165) is 31.9 Å². The summed E-state index contributed by atoms with van der Waals surface area (Å²) in [6, 6.07) is 18.4. The third kappa shape index (κ3) is 4.35. The Morgan fingerprint density at radius 2 is 1.69 bits per heavy atom. The highest BCUT2D eigenvalue weighted by Crippen LogP contribution is 2.25. The first-order valence-corrected chi connectivity index (χ1v) is 9.25. The molecule has 0 saturated carbocycles. The minimum atomic E-state index is -0.0656. The molecular weight excluding hydrogens is 326 g/mol. The molecule has 0 aliphatic carbocycles. The molecule has 2 aromatic carbocycles. The maximum Gasteiger partial charge on any atom is 0.322 e. The Morgan fingerprint density at radius 1 is 1.04 bits per heavy atom. The lowest BCUT2D eigenvalue weighted by Gasteiger charge is -2.38. The third-order valence-electron chi connectivity index (χ3n) is 4.86. The Labute approximate surface area is 155 Å². The van der Waals surface area contributed by atoms with Crippen molar-refractivity contribution in [2.75, 3.05) is 38.1 Å². The fourth-order valence-corrected chi connectivity index (χ4v) is 3.30. The van der Waals surface area contributed by atoms with Crippen LogP contribution in [0.25, 0.3) is 0 Å². The molecule has 1 aliphatic rings. The van der Waals surface area contributed by atoms with Crippen molar-refractivity contribution in [1.82, 2.24) is 9.80 Å². The van der Waals surface area contributed by atoms with Gasteiger partial charge in [-0.15, -0.1) is 0 Å². The van der Waals surface area contributed by atoms with Crippen molar-refractivity contribution in [2.24, 2.45) is 0 Å². The Balaban J connectivity index is 1.56. The number of benzene rings is 2. The summed E-state index contributed by atoms with van der Waals surface area (Å²) >= 11 is 0. The molecule has 2 aromatic rings. The molecule has 0 bridgehead atoms. The Kier molecular flexibility index (Phi) is 6.12. The van der Waals surface area contributed by atoms with E-state index in [1.54, 1.807) is 0 Å². The number of hydrogen-bond acceptors (Lipinski definition) is 3. The molecule has 1 aliphatic heterocycles. The van der Waals surface area contributed by atoms with Gasteiger partial charge < -0.3 is 15.0 Å². The zero-order valence-electron chi connectivity index (χ0n) is 15.5. The van der Waals surface area contributed by atoms with Gasteiger partial charge in [0.15, 0.2) is 0 Å². The van der Waals surface area contributed by atoms with Crippen LogP contribution in [0.4, 0.5) is 10.5 Å². The van der Waals surface area contributed by atoms with Crippen molar-refractivity contribution in [2.45, 2.75) is 19.9 Å². The lowest BCUT2D eigenvalue weighted by atomic mass is 10.1. The van der Waals surface area contributed by atoms with Crippen LogP contribution in [0.5, 0.6) is 5.75 Å².